The van der Waals surface area contributed by atoms with Crippen LogP contribution in [0.1, 0.15) is 16.1 Å². The highest BCUT2D eigenvalue weighted by Crippen LogP contribution is 2.20. The second kappa shape index (κ2) is 3.88. The molecule has 2 rings (SSSR count). The lowest BCUT2D eigenvalue weighted by molar-refractivity contribution is 0.0699. The molecule has 1 heterocycles. The average Bonchev–Trinajstić information content (AvgIpc) is 2.59. The molecule has 0 atom stereocenters. The molecule has 0 amide bonds. The molecule has 5 heteroatoms. The third-order valence-corrected chi connectivity index (χ3v) is 2.32. The van der Waals surface area contributed by atoms with Crippen LogP contribution in [0.5, 0.6) is 0 Å². The van der Waals surface area contributed by atoms with Gasteiger partial charge in [-0.05, 0) is 18.2 Å². The van der Waals surface area contributed by atoms with Gasteiger partial charge in [0.15, 0.2) is 0 Å². The molecule has 3 radical (unpaired) electrons. The first kappa shape index (κ1) is 9.94. The smallest absolute Gasteiger partial charge is 0.336 e. The number of carboxylic acids is 1. The van der Waals surface area contributed by atoms with Crippen LogP contribution in [-0.2, 0) is 11.0 Å². The summed E-state index contributed by atoms with van der Waals surface area (Å²) in [4.78, 5) is 14.0. The quantitative estimate of drug-likeness (QED) is 0.767. The Bertz CT molecular complexity index is 506. The van der Waals surface area contributed by atoms with E-state index in [0.29, 0.717) is 17.6 Å². The number of rotatable bonds is 3. The summed E-state index contributed by atoms with van der Waals surface area (Å²) in [6, 6.07) is 6.90. The lowest BCUT2D eigenvalue weighted by atomic mass is 10.1. The zero-order valence-corrected chi connectivity index (χ0v) is 8.78. The van der Waals surface area contributed by atoms with Gasteiger partial charge in [0.25, 0.3) is 0 Å². The SMILES string of the molecule is O=C(O)c1cccc2[nH]c(CO[Si])cc12. The van der Waals surface area contributed by atoms with Crippen LogP contribution in [0, 0.1) is 0 Å². The lowest BCUT2D eigenvalue weighted by Gasteiger charge is -1.94. The van der Waals surface area contributed by atoms with Gasteiger partial charge in [0.2, 0.25) is 10.5 Å². The van der Waals surface area contributed by atoms with E-state index in [-0.39, 0.29) is 0 Å². The molecule has 0 aliphatic carbocycles. The topological polar surface area (TPSA) is 62.3 Å². The Morgan fingerprint density at radius 1 is 1.53 bits per heavy atom. The predicted octanol–water partition coefficient (Wildman–Crippen LogP) is 1.47. The van der Waals surface area contributed by atoms with E-state index >= 15 is 0 Å². The van der Waals surface area contributed by atoms with Crippen molar-refractivity contribution in [3.8, 4) is 0 Å². The number of nitrogens with one attached hydrogen (secondary N) is 1. The molecule has 0 fully saturated rings. The van der Waals surface area contributed by atoms with Crippen molar-refractivity contribution in [1.29, 1.82) is 0 Å². The van der Waals surface area contributed by atoms with Crippen LogP contribution in [-0.4, -0.2) is 26.5 Å². The van der Waals surface area contributed by atoms with Gasteiger partial charge in [0.05, 0.1) is 12.2 Å². The maximum Gasteiger partial charge on any atom is 0.336 e. The molecule has 4 nitrogen and oxygen atoms in total. The highest BCUT2D eigenvalue weighted by Gasteiger charge is 2.10. The maximum absolute atomic E-state index is 10.9. The average molecular weight is 218 g/mol. The Labute approximate surface area is 89.4 Å². The van der Waals surface area contributed by atoms with E-state index < -0.39 is 5.97 Å². The van der Waals surface area contributed by atoms with Crippen molar-refractivity contribution in [3.63, 3.8) is 0 Å². The Kier molecular flexibility index (Phi) is 2.57. The van der Waals surface area contributed by atoms with Crippen molar-refractivity contribution in [3.05, 3.63) is 35.5 Å². The van der Waals surface area contributed by atoms with E-state index in [9.17, 15) is 4.79 Å². The van der Waals surface area contributed by atoms with E-state index in [1.54, 1.807) is 18.2 Å². The minimum absolute atomic E-state index is 0.295. The molecule has 0 saturated carbocycles. The van der Waals surface area contributed by atoms with E-state index in [4.69, 9.17) is 9.53 Å². The summed E-state index contributed by atoms with van der Waals surface area (Å²) in [5.41, 5.74) is 1.92. The summed E-state index contributed by atoms with van der Waals surface area (Å²) in [7, 11) is 2.90. The van der Waals surface area contributed by atoms with Crippen molar-refractivity contribution in [2.45, 2.75) is 6.61 Å². The number of hydrogen-bond acceptors (Lipinski definition) is 2. The van der Waals surface area contributed by atoms with Crippen LogP contribution in [0.25, 0.3) is 10.9 Å². The summed E-state index contributed by atoms with van der Waals surface area (Å²) in [6.45, 7) is 0.366. The molecular formula is C10H8NO3Si. The largest absolute Gasteiger partial charge is 0.478 e. The number of carbonyl (C=O) groups is 1. The number of benzene rings is 1. The van der Waals surface area contributed by atoms with Gasteiger partial charge < -0.3 is 14.5 Å². The summed E-state index contributed by atoms with van der Waals surface area (Å²) in [6.07, 6.45) is 0. The number of H-pyrrole nitrogens is 1. The molecule has 15 heavy (non-hydrogen) atoms. The maximum atomic E-state index is 10.9. The molecule has 0 bridgehead atoms. The lowest BCUT2D eigenvalue weighted by Crippen LogP contribution is -1.95. The van der Waals surface area contributed by atoms with Crippen LogP contribution in [0.3, 0.4) is 0 Å². The van der Waals surface area contributed by atoms with Crippen LogP contribution in [0.15, 0.2) is 24.3 Å². The van der Waals surface area contributed by atoms with Crippen molar-refractivity contribution < 1.29 is 14.3 Å². The molecule has 75 valence electrons. The molecule has 2 N–H and O–H groups in total. The highest BCUT2D eigenvalue weighted by molar-refractivity contribution is 6.03. The van der Waals surface area contributed by atoms with Gasteiger partial charge in [0.1, 0.15) is 0 Å². The number of aromatic carboxylic acids is 1. The molecule has 0 saturated heterocycles. The van der Waals surface area contributed by atoms with Gasteiger partial charge in [-0.25, -0.2) is 4.79 Å². The van der Waals surface area contributed by atoms with Gasteiger partial charge in [-0.3, -0.25) is 0 Å². The number of fused-ring (bicyclic) bond motifs is 1. The molecule has 1 aromatic carbocycles. The molecule has 0 aliphatic heterocycles. The first-order valence-corrected chi connectivity index (χ1v) is 4.75. The van der Waals surface area contributed by atoms with Crippen molar-refractivity contribution in [1.82, 2.24) is 4.98 Å². The Morgan fingerprint density at radius 2 is 2.33 bits per heavy atom. The van der Waals surface area contributed by atoms with Gasteiger partial charge in [0, 0.05) is 16.6 Å². The van der Waals surface area contributed by atoms with Gasteiger partial charge in [-0.15, -0.1) is 0 Å². The van der Waals surface area contributed by atoms with Gasteiger partial charge >= 0.3 is 5.97 Å². The highest BCUT2D eigenvalue weighted by atomic mass is 28.2. The normalized spacial score (nSPS) is 10.7. The minimum atomic E-state index is -0.926. The zero-order valence-electron chi connectivity index (χ0n) is 7.78. The van der Waals surface area contributed by atoms with E-state index in [1.807, 2.05) is 6.07 Å². The molecule has 1 aromatic heterocycles. The Balaban J connectivity index is 2.59. The summed E-state index contributed by atoms with van der Waals surface area (Å²) in [5, 5.41) is 9.67. The van der Waals surface area contributed by atoms with Crippen LogP contribution >= 0.6 is 0 Å². The first-order chi connectivity index (χ1) is 7.22. The Hall–Kier alpha value is -1.59. The fourth-order valence-corrected chi connectivity index (χ4v) is 1.71. The zero-order chi connectivity index (χ0) is 10.8. The number of carboxylic acid groups (broad SMARTS) is 1. The van der Waals surface area contributed by atoms with Crippen LogP contribution < -0.4 is 0 Å². The third kappa shape index (κ3) is 1.79. The van der Waals surface area contributed by atoms with Crippen molar-refractivity contribution >= 4 is 27.4 Å². The summed E-state index contributed by atoms with van der Waals surface area (Å²) < 4.78 is 4.78. The fraction of sp³-hybridized carbons (Fsp3) is 0.100. The number of aromatic amines is 1. The number of hydrogen-bond donors (Lipinski definition) is 2. The first-order valence-electron chi connectivity index (χ1n) is 4.35. The standard InChI is InChI=1S/C10H8NO3Si/c12-10(13)7-2-1-3-9-8(7)4-6(11-9)5-14-15/h1-4,11H,5H2,(H,12,13). The molecule has 0 unspecified atom stereocenters. The second-order valence-corrected chi connectivity index (χ2v) is 3.44. The summed E-state index contributed by atoms with van der Waals surface area (Å²) >= 11 is 0. The van der Waals surface area contributed by atoms with Crippen LogP contribution in [0.2, 0.25) is 0 Å². The summed E-state index contributed by atoms with van der Waals surface area (Å²) in [5.74, 6) is -0.926. The monoisotopic (exact) mass is 218 g/mol. The van der Waals surface area contributed by atoms with Gasteiger partial charge in [-0.2, -0.15) is 0 Å². The van der Waals surface area contributed by atoms with E-state index in [2.05, 4.69) is 15.5 Å². The number of aromatic nitrogens is 1. The molecular weight excluding hydrogens is 210 g/mol. The molecule has 0 aliphatic rings. The van der Waals surface area contributed by atoms with Gasteiger partial charge in [-0.1, -0.05) is 6.07 Å². The van der Waals surface area contributed by atoms with Crippen LogP contribution in [0.4, 0.5) is 0 Å². The van der Waals surface area contributed by atoms with E-state index in [0.717, 1.165) is 11.2 Å². The third-order valence-electron chi connectivity index (χ3n) is 2.18. The van der Waals surface area contributed by atoms with Crippen molar-refractivity contribution in [2.75, 3.05) is 0 Å². The molecule has 2 aromatic rings. The minimum Gasteiger partial charge on any atom is -0.478 e. The van der Waals surface area contributed by atoms with E-state index in [1.165, 1.54) is 0 Å². The predicted molar refractivity (Wildman–Crippen MR) is 55.8 cm³/mol. The molecule has 0 spiro atoms. The van der Waals surface area contributed by atoms with Crippen molar-refractivity contribution in [2.24, 2.45) is 0 Å². The second-order valence-electron chi connectivity index (χ2n) is 3.16. The fourth-order valence-electron chi connectivity index (χ4n) is 1.55. The Morgan fingerprint density at radius 3 is 3.00 bits per heavy atom.